The number of fused-ring (bicyclic) bond motifs is 1. The van der Waals surface area contributed by atoms with Crippen molar-refractivity contribution in [1.82, 2.24) is 4.98 Å². The van der Waals surface area contributed by atoms with E-state index in [0.717, 1.165) is 6.07 Å². The first kappa shape index (κ1) is 11.4. The van der Waals surface area contributed by atoms with Gasteiger partial charge in [0, 0.05) is 22.3 Å². The van der Waals surface area contributed by atoms with Crippen LogP contribution in [0.3, 0.4) is 0 Å². The fourth-order valence-electron chi connectivity index (χ4n) is 1.35. The van der Waals surface area contributed by atoms with Gasteiger partial charge in [0.25, 0.3) is 9.05 Å². The standard InChI is InChI=1S/C9H5Cl2NO3S/c10-6-4-7(16(11,14)15)9(13)8-5(6)2-1-3-12-8/h1-4,13H. The monoisotopic (exact) mass is 277 g/mol. The van der Waals surface area contributed by atoms with Gasteiger partial charge in [0.1, 0.15) is 10.4 Å². The van der Waals surface area contributed by atoms with Crippen molar-refractivity contribution in [2.75, 3.05) is 0 Å². The maximum Gasteiger partial charge on any atom is 0.265 e. The number of rotatable bonds is 1. The summed E-state index contributed by atoms with van der Waals surface area (Å²) in [5, 5.41) is 10.4. The lowest BCUT2D eigenvalue weighted by Crippen LogP contribution is -1.93. The van der Waals surface area contributed by atoms with Crippen LogP contribution in [-0.2, 0) is 9.05 Å². The van der Waals surface area contributed by atoms with Crippen molar-refractivity contribution in [2.45, 2.75) is 4.90 Å². The molecule has 0 bridgehead atoms. The quantitative estimate of drug-likeness (QED) is 0.814. The number of pyridine rings is 1. The lowest BCUT2D eigenvalue weighted by molar-refractivity contribution is 0.465. The van der Waals surface area contributed by atoms with Crippen LogP contribution in [0.4, 0.5) is 0 Å². The molecule has 0 aliphatic carbocycles. The van der Waals surface area contributed by atoms with Crippen LogP contribution in [0.15, 0.2) is 29.3 Å². The van der Waals surface area contributed by atoms with Crippen LogP contribution in [0, 0.1) is 0 Å². The molecule has 0 amide bonds. The molecule has 1 aromatic carbocycles. The highest BCUT2D eigenvalue weighted by Crippen LogP contribution is 2.36. The summed E-state index contributed by atoms with van der Waals surface area (Å²) >= 11 is 5.87. The van der Waals surface area contributed by atoms with Crippen molar-refractivity contribution in [3.05, 3.63) is 29.4 Å². The van der Waals surface area contributed by atoms with Gasteiger partial charge in [0.05, 0.1) is 5.02 Å². The third-order valence-corrected chi connectivity index (χ3v) is 3.69. The lowest BCUT2D eigenvalue weighted by Gasteiger charge is -2.06. The van der Waals surface area contributed by atoms with E-state index in [2.05, 4.69) is 4.98 Å². The normalized spacial score (nSPS) is 11.9. The van der Waals surface area contributed by atoms with Crippen molar-refractivity contribution in [3.8, 4) is 5.75 Å². The average Bonchev–Trinajstić information content (AvgIpc) is 2.22. The van der Waals surface area contributed by atoms with Crippen molar-refractivity contribution >= 4 is 42.2 Å². The van der Waals surface area contributed by atoms with Gasteiger partial charge in [0.15, 0.2) is 5.75 Å². The van der Waals surface area contributed by atoms with Gasteiger partial charge < -0.3 is 5.11 Å². The molecular weight excluding hydrogens is 273 g/mol. The first-order valence-corrected chi connectivity index (χ1v) is 6.81. The summed E-state index contributed by atoms with van der Waals surface area (Å²) in [5.41, 5.74) is 0.106. The van der Waals surface area contributed by atoms with Gasteiger partial charge in [-0.2, -0.15) is 0 Å². The molecule has 16 heavy (non-hydrogen) atoms. The van der Waals surface area contributed by atoms with Crippen molar-refractivity contribution in [1.29, 1.82) is 0 Å². The minimum absolute atomic E-state index is 0.106. The Labute approximate surface area is 101 Å². The predicted octanol–water partition coefficient (Wildman–Crippen LogP) is 2.52. The van der Waals surface area contributed by atoms with Crippen LogP contribution >= 0.6 is 22.3 Å². The fraction of sp³-hybridized carbons (Fsp3) is 0. The van der Waals surface area contributed by atoms with E-state index in [1.807, 2.05) is 0 Å². The van der Waals surface area contributed by atoms with Crippen LogP contribution in [0.5, 0.6) is 5.75 Å². The van der Waals surface area contributed by atoms with Crippen molar-refractivity contribution < 1.29 is 13.5 Å². The molecule has 1 aromatic heterocycles. The summed E-state index contributed by atoms with van der Waals surface area (Å²) in [5.74, 6) is -0.491. The Kier molecular flexibility index (Phi) is 2.69. The number of hydrogen-bond donors (Lipinski definition) is 1. The van der Waals surface area contributed by atoms with Crippen molar-refractivity contribution in [2.24, 2.45) is 0 Å². The summed E-state index contributed by atoms with van der Waals surface area (Å²) in [7, 11) is 1.11. The largest absolute Gasteiger partial charge is 0.504 e. The Bertz CT molecular complexity index is 670. The van der Waals surface area contributed by atoms with Gasteiger partial charge >= 0.3 is 0 Å². The zero-order valence-corrected chi connectivity index (χ0v) is 10.0. The number of hydrogen-bond acceptors (Lipinski definition) is 4. The van der Waals surface area contributed by atoms with Crippen molar-refractivity contribution in [3.63, 3.8) is 0 Å². The molecule has 84 valence electrons. The van der Waals surface area contributed by atoms with Crippen LogP contribution in [-0.4, -0.2) is 18.5 Å². The van der Waals surface area contributed by atoms with E-state index >= 15 is 0 Å². The maximum atomic E-state index is 11.2. The number of nitrogens with zero attached hydrogens (tertiary/aromatic N) is 1. The van der Waals surface area contributed by atoms with E-state index in [1.54, 1.807) is 12.1 Å². The number of aromatic hydroxyl groups is 1. The molecule has 1 heterocycles. The zero-order chi connectivity index (χ0) is 11.9. The molecule has 4 nitrogen and oxygen atoms in total. The summed E-state index contributed by atoms with van der Waals surface area (Å²) in [4.78, 5) is 3.42. The summed E-state index contributed by atoms with van der Waals surface area (Å²) in [6.45, 7) is 0. The van der Waals surface area contributed by atoms with Gasteiger partial charge in [-0.1, -0.05) is 11.6 Å². The van der Waals surface area contributed by atoms with Gasteiger partial charge in [-0.25, -0.2) is 8.42 Å². The second-order valence-corrected chi connectivity index (χ2v) is 5.98. The van der Waals surface area contributed by atoms with Crippen LogP contribution in [0.1, 0.15) is 0 Å². The number of aromatic nitrogens is 1. The number of halogens is 2. The lowest BCUT2D eigenvalue weighted by atomic mass is 10.2. The van der Waals surface area contributed by atoms with E-state index in [9.17, 15) is 13.5 Å². The first-order valence-electron chi connectivity index (χ1n) is 4.12. The van der Waals surface area contributed by atoms with E-state index in [0.29, 0.717) is 5.39 Å². The zero-order valence-electron chi connectivity index (χ0n) is 7.68. The molecule has 0 aliphatic heterocycles. The van der Waals surface area contributed by atoms with Crippen LogP contribution in [0.25, 0.3) is 10.9 Å². The maximum absolute atomic E-state index is 11.2. The minimum Gasteiger partial charge on any atom is -0.504 e. The topological polar surface area (TPSA) is 67.3 Å². The molecule has 0 fully saturated rings. The Balaban J connectivity index is 2.97. The highest BCUT2D eigenvalue weighted by atomic mass is 35.7. The summed E-state index contributed by atoms with van der Waals surface area (Å²) in [6, 6.07) is 4.35. The second-order valence-electron chi connectivity index (χ2n) is 3.04. The molecule has 1 N–H and O–H groups in total. The molecular formula is C9H5Cl2NO3S. The molecule has 0 saturated carbocycles. The van der Waals surface area contributed by atoms with E-state index < -0.39 is 19.7 Å². The molecule has 0 saturated heterocycles. The van der Waals surface area contributed by atoms with Gasteiger partial charge in [-0.3, -0.25) is 4.98 Å². The second kappa shape index (κ2) is 3.76. The highest BCUT2D eigenvalue weighted by Gasteiger charge is 2.20. The van der Waals surface area contributed by atoms with Crippen LogP contribution in [0.2, 0.25) is 5.02 Å². The number of phenols is 1. The van der Waals surface area contributed by atoms with E-state index in [-0.39, 0.29) is 10.5 Å². The van der Waals surface area contributed by atoms with Gasteiger partial charge in [0.2, 0.25) is 0 Å². The summed E-state index contributed by atoms with van der Waals surface area (Å²) in [6.07, 6.45) is 1.42. The highest BCUT2D eigenvalue weighted by molar-refractivity contribution is 8.13. The molecule has 0 spiro atoms. The predicted molar refractivity (Wildman–Crippen MR) is 61.5 cm³/mol. The summed E-state index contributed by atoms with van der Waals surface area (Å²) < 4.78 is 22.3. The number of benzene rings is 1. The fourth-order valence-corrected chi connectivity index (χ4v) is 2.62. The van der Waals surface area contributed by atoms with Gasteiger partial charge in [-0.15, -0.1) is 0 Å². The number of phenolic OH excluding ortho intramolecular Hbond substituents is 1. The SMILES string of the molecule is O=S(=O)(Cl)c1cc(Cl)c2cccnc2c1O. The molecule has 0 aliphatic rings. The third-order valence-electron chi connectivity index (χ3n) is 2.04. The van der Waals surface area contributed by atoms with Crippen LogP contribution < -0.4 is 0 Å². The smallest absolute Gasteiger partial charge is 0.265 e. The van der Waals surface area contributed by atoms with E-state index in [1.165, 1.54) is 6.20 Å². The Hall–Kier alpha value is -1.04. The Morgan fingerprint density at radius 3 is 2.69 bits per heavy atom. The first-order chi connectivity index (χ1) is 7.41. The molecule has 7 heteroatoms. The average molecular weight is 278 g/mol. The van der Waals surface area contributed by atoms with Gasteiger partial charge in [-0.05, 0) is 18.2 Å². The molecule has 0 atom stereocenters. The molecule has 0 radical (unpaired) electrons. The third kappa shape index (κ3) is 1.81. The Morgan fingerprint density at radius 2 is 2.06 bits per heavy atom. The Morgan fingerprint density at radius 1 is 1.38 bits per heavy atom. The molecule has 2 aromatic rings. The van der Waals surface area contributed by atoms with E-state index in [4.69, 9.17) is 22.3 Å². The minimum atomic E-state index is -4.05. The molecule has 0 unspecified atom stereocenters. The molecule has 2 rings (SSSR count).